The molecular weight excluding hydrogens is 245 g/mol. The second kappa shape index (κ2) is 6.33. The van der Waals surface area contributed by atoms with Crippen LogP contribution in [0, 0.1) is 5.82 Å². The minimum atomic E-state index is -0.341. The first-order valence-electron chi connectivity index (χ1n) is 6.40. The number of halogens is 1. The molecule has 5 heteroatoms. The molecule has 0 fully saturated rings. The first-order chi connectivity index (χ1) is 9.24. The fraction of sp³-hybridized carbons (Fsp3) is 0.357. The number of rotatable bonds is 6. The van der Waals surface area contributed by atoms with Gasteiger partial charge in [-0.2, -0.15) is 5.10 Å². The summed E-state index contributed by atoms with van der Waals surface area (Å²) in [6.45, 7) is 3.70. The maximum atomic E-state index is 13.6. The van der Waals surface area contributed by atoms with E-state index in [1.807, 2.05) is 13.1 Å². The van der Waals surface area contributed by atoms with Crippen LogP contribution in [0.1, 0.15) is 13.3 Å². The molecule has 0 aliphatic heterocycles. The van der Waals surface area contributed by atoms with Crippen molar-refractivity contribution in [2.45, 2.75) is 19.9 Å². The molecule has 0 bridgehead atoms. The van der Waals surface area contributed by atoms with Gasteiger partial charge in [0.25, 0.3) is 0 Å². The lowest BCUT2D eigenvalue weighted by atomic mass is 10.1. The van der Waals surface area contributed by atoms with Crippen molar-refractivity contribution in [3.8, 4) is 16.9 Å². The molecule has 0 atom stereocenters. The van der Waals surface area contributed by atoms with Crippen molar-refractivity contribution in [1.82, 2.24) is 9.78 Å². The van der Waals surface area contributed by atoms with Crippen molar-refractivity contribution in [1.29, 1.82) is 0 Å². The van der Waals surface area contributed by atoms with Gasteiger partial charge in [0.1, 0.15) is 0 Å². The number of ether oxygens (including phenoxy) is 1. The highest BCUT2D eigenvalue weighted by atomic mass is 19.1. The third-order valence-corrected chi connectivity index (χ3v) is 2.72. The van der Waals surface area contributed by atoms with Crippen LogP contribution in [-0.4, -0.2) is 22.9 Å². The molecule has 0 amide bonds. The van der Waals surface area contributed by atoms with Gasteiger partial charge in [-0.15, -0.1) is 0 Å². The molecule has 1 heterocycles. The van der Waals surface area contributed by atoms with Gasteiger partial charge >= 0.3 is 0 Å². The lowest BCUT2D eigenvalue weighted by Gasteiger charge is -2.07. The van der Waals surface area contributed by atoms with E-state index in [2.05, 4.69) is 5.10 Å². The highest BCUT2D eigenvalue weighted by Crippen LogP contribution is 2.26. The maximum absolute atomic E-state index is 13.6. The Balaban J connectivity index is 2.23. The number of hydrogen-bond donors (Lipinski definition) is 1. The van der Waals surface area contributed by atoms with Crippen LogP contribution in [0.2, 0.25) is 0 Å². The summed E-state index contributed by atoms with van der Waals surface area (Å²) < 4.78 is 20.7. The second-order valence-electron chi connectivity index (χ2n) is 4.27. The Hall–Kier alpha value is -1.88. The summed E-state index contributed by atoms with van der Waals surface area (Å²) in [5.74, 6) is -0.0579. The molecular formula is C14H18FN3O. The molecule has 0 aliphatic carbocycles. The van der Waals surface area contributed by atoms with E-state index in [9.17, 15) is 4.39 Å². The van der Waals surface area contributed by atoms with Gasteiger partial charge < -0.3 is 10.5 Å². The highest BCUT2D eigenvalue weighted by Gasteiger charge is 2.07. The minimum absolute atomic E-state index is 0.283. The maximum Gasteiger partial charge on any atom is 0.165 e. The summed E-state index contributed by atoms with van der Waals surface area (Å²) in [5.41, 5.74) is 7.29. The topological polar surface area (TPSA) is 53.1 Å². The Bertz CT molecular complexity index is 539. The molecule has 0 unspecified atom stereocenters. The van der Waals surface area contributed by atoms with Crippen molar-refractivity contribution in [2.75, 3.05) is 13.2 Å². The molecule has 19 heavy (non-hydrogen) atoms. The zero-order valence-electron chi connectivity index (χ0n) is 11.0. The SMILES string of the molecule is CCCOc1cc(-c2cnn(CCN)c2)ccc1F. The molecule has 2 N–H and O–H groups in total. The lowest BCUT2D eigenvalue weighted by Crippen LogP contribution is -2.09. The van der Waals surface area contributed by atoms with Crippen LogP contribution >= 0.6 is 0 Å². The van der Waals surface area contributed by atoms with Gasteiger partial charge in [-0.25, -0.2) is 4.39 Å². The predicted octanol–water partition coefficient (Wildman–Crippen LogP) is 2.44. The van der Waals surface area contributed by atoms with Gasteiger partial charge in [0.05, 0.1) is 19.3 Å². The van der Waals surface area contributed by atoms with E-state index in [0.29, 0.717) is 19.7 Å². The monoisotopic (exact) mass is 263 g/mol. The predicted molar refractivity (Wildman–Crippen MR) is 72.5 cm³/mol. The van der Waals surface area contributed by atoms with Gasteiger partial charge in [-0.3, -0.25) is 4.68 Å². The Morgan fingerprint density at radius 1 is 1.37 bits per heavy atom. The zero-order chi connectivity index (χ0) is 13.7. The Morgan fingerprint density at radius 3 is 2.95 bits per heavy atom. The summed E-state index contributed by atoms with van der Waals surface area (Å²) >= 11 is 0. The van der Waals surface area contributed by atoms with Crippen LogP contribution in [0.5, 0.6) is 5.75 Å². The first kappa shape index (κ1) is 13.5. The third-order valence-electron chi connectivity index (χ3n) is 2.72. The Kier molecular flexibility index (Phi) is 4.52. The molecule has 0 spiro atoms. The van der Waals surface area contributed by atoms with Gasteiger partial charge in [0.2, 0.25) is 0 Å². The standard InChI is InChI=1S/C14H18FN3O/c1-2-7-19-14-8-11(3-4-13(14)15)12-9-17-18(10-12)6-5-16/h3-4,8-10H,2,5-7,16H2,1H3. The average molecular weight is 263 g/mol. The summed E-state index contributed by atoms with van der Waals surface area (Å²) in [7, 11) is 0. The molecule has 0 radical (unpaired) electrons. The largest absolute Gasteiger partial charge is 0.491 e. The van der Waals surface area contributed by atoms with Crippen molar-refractivity contribution in [2.24, 2.45) is 5.73 Å². The summed E-state index contributed by atoms with van der Waals surface area (Å²) in [4.78, 5) is 0. The fourth-order valence-electron chi connectivity index (χ4n) is 1.77. The normalized spacial score (nSPS) is 10.7. The summed E-state index contributed by atoms with van der Waals surface area (Å²) in [5, 5.41) is 4.20. The minimum Gasteiger partial charge on any atom is -0.491 e. The van der Waals surface area contributed by atoms with E-state index in [-0.39, 0.29) is 11.6 Å². The molecule has 2 rings (SSSR count). The molecule has 0 saturated carbocycles. The van der Waals surface area contributed by atoms with Crippen molar-refractivity contribution >= 4 is 0 Å². The van der Waals surface area contributed by atoms with Crippen LogP contribution in [0.4, 0.5) is 4.39 Å². The Morgan fingerprint density at radius 2 is 2.21 bits per heavy atom. The van der Waals surface area contributed by atoms with Crippen molar-refractivity contribution < 1.29 is 9.13 Å². The summed E-state index contributed by atoms with van der Waals surface area (Å²) in [6.07, 6.45) is 4.48. The molecule has 1 aromatic heterocycles. The number of benzene rings is 1. The average Bonchev–Trinajstić information content (AvgIpc) is 2.87. The number of aromatic nitrogens is 2. The number of hydrogen-bond acceptors (Lipinski definition) is 3. The van der Waals surface area contributed by atoms with E-state index in [1.165, 1.54) is 6.07 Å². The molecule has 0 aliphatic rings. The van der Waals surface area contributed by atoms with Gasteiger partial charge in [0.15, 0.2) is 11.6 Å². The van der Waals surface area contributed by atoms with Crippen LogP contribution in [0.25, 0.3) is 11.1 Å². The molecule has 0 saturated heterocycles. The van der Waals surface area contributed by atoms with Gasteiger partial charge in [-0.1, -0.05) is 13.0 Å². The van der Waals surface area contributed by atoms with Crippen LogP contribution in [0.15, 0.2) is 30.6 Å². The van der Waals surface area contributed by atoms with Crippen LogP contribution in [-0.2, 0) is 6.54 Å². The van der Waals surface area contributed by atoms with Crippen LogP contribution in [0.3, 0.4) is 0 Å². The molecule has 4 nitrogen and oxygen atoms in total. The quantitative estimate of drug-likeness (QED) is 0.871. The van der Waals surface area contributed by atoms with Crippen molar-refractivity contribution in [3.05, 3.63) is 36.4 Å². The van der Waals surface area contributed by atoms with E-state index >= 15 is 0 Å². The van der Waals surface area contributed by atoms with E-state index in [0.717, 1.165) is 17.5 Å². The van der Waals surface area contributed by atoms with Gasteiger partial charge in [-0.05, 0) is 24.1 Å². The Labute approximate surface area is 112 Å². The third kappa shape index (κ3) is 3.32. The number of nitrogens with two attached hydrogens (primary N) is 1. The van der Waals surface area contributed by atoms with E-state index in [4.69, 9.17) is 10.5 Å². The van der Waals surface area contributed by atoms with Crippen LogP contribution < -0.4 is 10.5 Å². The molecule has 102 valence electrons. The first-order valence-corrected chi connectivity index (χ1v) is 6.40. The summed E-state index contributed by atoms with van der Waals surface area (Å²) in [6, 6.07) is 4.84. The van der Waals surface area contributed by atoms with Gasteiger partial charge in [0, 0.05) is 18.3 Å². The fourth-order valence-corrected chi connectivity index (χ4v) is 1.77. The second-order valence-corrected chi connectivity index (χ2v) is 4.27. The smallest absolute Gasteiger partial charge is 0.165 e. The number of nitrogens with zero attached hydrogens (tertiary/aromatic N) is 2. The zero-order valence-corrected chi connectivity index (χ0v) is 11.0. The molecule has 2 aromatic rings. The lowest BCUT2D eigenvalue weighted by molar-refractivity contribution is 0.301. The molecule has 1 aromatic carbocycles. The van der Waals surface area contributed by atoms with Crippen molar-refractivity contribution in [3.63, 3.8) is 0 Å². The highest BCUT2D eigenvalue weighted by molar-refractivity contribution is 5.63. The van der Waals surface area contributed by atoms with E-state index < -0.39 is 0 Å². The van der Waals surface area contributed by atoms with E-state index in [1.54, 1.807) is 23.0 Å².